The number of amides is 1. The van der Waals surface area contributed by atoms with E-state index in [2.05, 4.69) is 15.5 Å². The standard InChI is InChI=1S/C19H17N3O4/c1-12-8-9-15(13(2)10-12)18(24)25-11-16(23)20-19-22-21-17(26-19)14-6-4-3-5-7-14/h3-10H,11H2,1-2H3,(H,20,22,23). The average molecular weight is 351 g/mol. The minimum absolute atomic E-state index is 0.0589. The zero-order valence-corrected chi connectivity index (χ0v) is 14.4. The lowest BCUT2D eigenvalue weighted by molar-refractivity contribution is -0.119. The van der Waals surface area contributed by atoms with Gasteiger partial charge < -0.3 is 9.15 Å². The summed E-state index contributed by atoms with van der Waals surface area (Å²) in [5, 5.41) is 10.0. The third-order valence-corrected chi connectivity index (χ3v) is 3.63. The fourth-order valence-electron chi connectivity index (χ4n) is 2.38. The second-order valence-corrected chi connectivity index (χ2v) is 5.72. The molecule has 3 rings (SSSR count). The Labute approximate surface area is 150 Å². The molecule has 7 nitrogen and oxygen atoms in total. The van der Waals surface area contributed by atoms with Crippen molar-refractivity contribution in [2.45, 2.75) is 13.8 Å². The first-order chi connectivity index (χ1) is 12.5. The predicted octanol–water partition coefficient (Wildman–Crippen LogP) is 3.15. The Kier molecular flexibility index (Phi) is 5.07. The number of carbonyl (C=O) groups is 2. The van der Waals surface area contributed by atoms with Gasteiger partial charge in [0.25, 0.3) is 5.91 Å². The van der Waals surface area contributed by atoms with Crippen LogP contribution in [0.25, 0.3) is 11.5 Å². The van der Waals surface area contributed by atoms with Gasteiger partial charge in [-0.15, -0.1) is 5.10 Å². The third-order valence-electron chi connectivity index (χ3n) is 3.63. The van der Waals surface area contributed by atoms with Gasteiger partial charge in [0.15, 0.2) is 6.61 Å². The summed E-state index contributed by atoms with van der Waals surface area (Å²) < 4.78 is 10.4. The van der Waals surface area contributed by atoms with Crippen LogP contribution < -0.4 is 5.32 Å². The molecule has 1 heterocycles. The van der Waals surface area contributed by atoms with E-state index in [0.29, 0.717) is 5.56 Å². The maximum absolute atomic E-state index is 12.1. The van der Waals surface area contributed by atoms with Crippen molar-refractivity contribution in [1.29, 1.82) is 0 Å². The molecule has 1 aromatic heterocycles. The number of ether oxygens (including phenoxy) is 1. The number of hydrogen-bond donors (Lipinski definition) is 1. The van der Waals surface area contributed by atoms with Crippen molar-refractivity contribution >= 4 is 17.9 Å². The maximum atomic E-state index is 12.1. The van der Waals surface area contributed by atoms with Crippen LogP contribution in [0.15, 0.2) is 52.9 Å². The Morgan fingerprint density at radius 3 is 2.58 bits per heavy atom. The van der Waals surface area contributed by atoms with Gasteiger partial charge in [-0.1, -0.05) is 41.0 Å². The summed E-state index contributed by atoms with van der Waals surface area (Å²) in [6, 6.07) is 14.5. The van der Waals surface area contributed by atoms with Crippen LogP contribution in [0.5, 0.6) is 0 Å². The van der Waals surface area contributed by atoms with Crippen LogP contribution in [0.4, 0.5) is 6.01 Å². The zero-order chi connectivity index (χ0) is 18.5. The van der Waals surface area contributed by atoms with E-state index in [1.165, 1.54) is 0 Å². The van der Waals surface area contributed by atoms with Crippen molar-refractivity contribution in [2.75, 3.05) is 11.9 Å². The van der Waals surface area contributed by atoms with E-state index in [0.717, 1.165) is 16.7 Å². The van der Waals surface area contributed by atoms with E-state index in [-0.39, 0.29) is 11.9 Å². The van der Waals surface area contributed by atoms with Crippen LogP contribution in [0, 0.1) is 13.8 Å². The predicted molar refractivity (Wildman–Crippen MR) is 94.6 cm³/mol. The van der Waals surface area contributed by atoms with Gasteiger partial charge in [0, 0.05) is 5.56 Å². The number of anilines is 1. The van der Waals surface area contributed by atoms with Crippen molar-refractivity contribution in [3.05, 3.63) is 65.2 Å². The highest BCUT2D eigenvalue weighted by Crippen LogP contribution is 2.19. The lowest BCUT2D eigenvalue weighted by Gasteiger charge is -2.07. The zero-order valence-electron chi connectivity index (χ0n) is 14.4. The Morgan fingerprint density at radius 1 is 1.08 bits per heavy atom. The van der Waals surface area contributed by atoms with Gasteiger partial charge >= 0.3 is 12.0 Å². The number of aryl methyl sites for hydroxylation is 2. The lowest BCUT2D eigenvalue weighted by Crippen LogP contribution is -2.21. The van der Waals surface area contributed by atoms with E-state index < -0.39 is 18.5 Å². The molecule has 2 aromatic carbocycles. The molecule has 7 heteroatoms. The van der Waals surface area contributed by atoms with Crippen LogP contribution in [-0.2, 0) is 9.53 Å². The van der Waals surface area contributed by atoms with Crippen molar-refractivity contribution in [3.8, 4) is 11.5 Å². The van der Waals surface area contributed by atoms with Crippen molar-refractivity contribution in [3.63, 3.8) is 0 Å². The number of benzene rings is 2. The largest absolute Gasteiger partial charge is 0.452 e. The van der Waals surface area contributed by atoms with Gasteiger partial charge in [0.2, 0.25) is 5.89 Å². The van der Waals surface area contributed by atoms with Crippen LogP contribution >= 0.6 is 0 Å². The molecule has 0 fully saturated rings. The molecular weight excluding hydrogens is 334 g/mol. The molecule has 1 amide bonds. The topological polar surface area (TPSA) is 94.3 Å². The number of hydrogen-bond acceptors (Lipinski definition) is 6. The van der Waals surface area contributed by atoms with Crippen LogP contribution in [0.1, 0.15) is 21.5 Å². The molecule has 0 aliphatic carbocycles. The first-order valence-electron chi connectivity index (χ1n) is 7.96. The van der Waals surface area contributed by atoms with Crippen LogP contribution in [-0.4, -0.2) is 28.7 Å². The highest BCUT2D eigenvalue weighted by molar-refractivity contribution is 5.95. The summed E-state index contributed by atoms with van der Waals surface area (Å²) in [6.45, 7) is 3.30. The minimum atomic E-state index is -0.564. The first kappa shape index (κ1) is 17.3. The molecular formula is C19H17N3O4. The number of nitrogens with zero attached hydrogens (tertiary/aromatic N) is 2. The van der Waals surface area contributed by atoms with Crippen LogP contribution in [0.3, 0.4) is 0 Å². The van der Waals surface area contributed by atoms with Crippen molar-refractivity contribution in [1.82, 2.24) is 10.2 Å². The molecule has 0 atom stereocenters. The molecule has 0 aliphatic rings. The lowest BCUT2D eigenvalue weighted by atomic mass is 10.1. The van der Waals surface area contributed by atoms with Gasteiger partial charge in [-0.2, -0.15) is 0 Å². The molecule has 26 heavy (non-hydrogen) atoms. The molecule has 3 aromatic rings. The normalized spacial score (nSPS) is 10.4. The van der Waals surface area contributed by atoms with E-state index in [9.17, 15) is 9.59 Å². The molecule has 0 unspecified atom stereocenters. The molecule has 1 N–H and O–H groups in total. The van der Waals surface area contributed by atoms with E-state index in [1.54, 1.807) is 6.07 Å². The second kappa shape index (κ2) is 7.60. The fraction of sp³-hybridized carbons (Fsp3) is 0.158. The van der Waals surface area contributed by atoms with Gasteiger partial charge in [0.05, 0.1) is 5.56 Å². The maximum Gasteiger partial charge on any atom is 0.338 e. The minimum Gasteiger partial charge on any atom is -0.452 e. The van der Waals surface area contributed by atoms with E-state index in [1.807, 2.05) is 56.3 Å². The summed E-state index contributed by atoms with van der Waals surface area (Å²) in [6.07, 6.45) is 0. The number of esters is 1. The number of nitrogens with one attached hydrogen (secondary N) is 1. The summed E-state index contributed by atoms with van der Waals surface area (Å²) in [5.41, 5.74) is 3.00. The SMILES string of the molecule is Cc1ccc(C(=O)OCC(=O)Nc2nnc(-c3ccccc3)o2)c(C)c1. The van der Waals surface area contributed by atoms with Crippen LogP contribution in [0.2, 0.25) is 0 Å². The average Bonchev–Trinajstić information content (AvgIpc) is 3.09. The third kappa shape index (κ3) is 4.13. The molecule has 0 aliphatic heterocycles. The number of carbonyl (C=O) groups excluding carboxylic acids is 2. The summed E-state index contributed by atoms with van der Waals surface area (Å²) in [7, 11) is 0. The molecule has 0 radical (unpaired) electrons. The Morgan fingerprint density at radius 2 is 1.85 bits per heavy atom. The number of aromatic nitrogens is 2. The second-order valence-electron chi connectivity index (χ2n) is 5.72. The Balaban J connectivity index is 1.56. The molecule has 132 valence electrons. The van der Waals surface area contributed by atoms with Gasteiger partial charge in [-0.25, -0.2) is 4.79 Å². The van der Waals surface area contributed by atoms with Gasteiger partial charge in [-0.05, 0) is 37.6 Å². The van der Waals surface area contributed by atoms with Crippen molar-refractivity contribution in [2.24, 2.45) is 0 Å². The summed E-state index contributed by atoms with van der Waals surface area (Å²) >= 11 is 0. The van der Waals surface area contributed by atoms with Gasteiger partial charge in [-0.3, -0.25) is 10.1 Å². The Bertz CT molecular complexity index is 935. The summed E-state index contributed by atoms with van der Waals surface area (Å²) in [4.78, 5) is 24.0. The van der Waals surface area contributed by atoms with Gasteiger partial charge in [0.1, 0.15) is 0 Å². The van der Waals surface area contributed by atoms with Crippen molar-refractivity contribution < 1.29 is 18.7 Å². The molecule has 0 saturated heterocycles. The first-order valence-corrected chi connectivity index (χ1v) is 7.96. The molecule has 0 bridgehead atoms. The number of rotatable bonds is 5. The highest BCUT2D eigenvalue weighted by Gasteiger charge is 2.15. The quantitative estimate of drug-likeness (QED) is 0.710. The van der Waals surface area contributed by atoms with E-state index >= 15 is 0 Å². The fourth-order valence-corrected chi connectivity index (χ4v) is 2.38. The monoisotopic (exact) mass is 351 g/mol. The smallest absolute Gasteiger partial charge is 0.338 e. The summed E-state index contributed by atoms with van der Waals surface area (Å²) in [5.74, 6) is -0.840. The molecule has 0 spiro atoms. The van der Waals surface area contributed by atoms with E-state index in [4.69, 9.17) is 9.15 Å². The molecule has 0 saturated carbocycles. The Hall–Kier alpha value is -3.48. The highest BCUT2D eigenvalue weighted by atomic mass is 16.5.